The Morgan fingerprint density at radius 3 is 2.57 bits per heavy atom. The summed E-state index contributed by atoms with van der Waals surface area (Å²) in [4.78, 5) is 22.8. The van der Waals surface area contributed by atoms with Crippen LogP contribution in [0.15, 0.2) is 69.1 Å². The third-order valence-corrected chi connectivity index (χ3v) is 4.71. The molecule has 3 rings (SSSR count). The van der Waals surface area contributed by atoms with Gasteiger partial charge in [-0.15, -0.1) is 0 Å². The number of nitriles is 1. The Morgan fingerprint density at radius 2 is 1.97 bits per heavy atom. The Kier molecular flexibility index (Phi) is 6.29. The van der Waals surface area contributed by atoms with E-state index in [4.69, 9.17) is 9.15 Å². The summed E-state index contributed by atoms with van der Waals surface area (Å²) in [6.07, 6.45) is 1.32. The van der Waals surface area contributed by atoms with Crippen molar-refractivity contribution in [3.63, 3.8) is 0 Å². The number of nitrogens with zero attached hydrogens (tertiary/aromatic N) is 2. The number of hydrogen-bond donors (Lipinski definition) is 1. The number of furan rings is 1. The van der Waals surface area contributed by atoms with Crippen LogP contribution in [0.25, 0.3) is 17.4 Å². The van der Waals surface area contributed by atoms with E-state index in [9.17, 15) is 20.2 Å². The quantitative estimate of drug-likeness (QED) is 0.231. The van der Waals surface area contributed by atoms with Crippen molar-refractivity contribution in [2.75, 3.05) is 12.4 Å². The second-order valence-corrected chi connectivity index (χ2v) is 6.83. The van der Waals surface area contributed by atoms with Crippen LogP contribution in [-0.4, -0.2) is 17.9 Å². The highest BCUT2D eigenvalue weighted by Gasteiger charge is 2.15. The van der Waals surface area contributed by atoms with Gasteiger partial charge in [0.25, 0.3) is 11.6 Å². The standard InChI is InChI=1S/C21H14BrN3O5/c1-29-16-5-2-14(3-6-16)24-21(26)13(12-23)10-17-7-9-20(30-17)18-8-4-15(25(27)28)11-19(18)22/h2-11H,1H3,(H,24,26)/b13-10+. The smallest absolute Gasteiger partial charge is 0.270 e. The van der Waals surface area contributed by atoms with E-state index in [0.717, 1.165) is 0 Å². The number of nitro benzene ring substituents is 1. The molecule has 0 unspecified atom stereocenters. The molecule has 0 radical (unpaired) electrons. The fraction of sp³-hybridized carbons (Fsp3) is 0.0476. The van der Waals surface area contributed by atoms with E-state index in [0.29, 0.717) is 27.2 Å². The Balaban J connectivity index is 1.80. The highest BCUT2D eigenvalue weighted by atomic mass is 79.9. The Labute approximate surface area is 179 Å². The zero-order chi connectivity index (χ0) is 21.7. The van der Waals surface area contributed by atoms with Crippen molar-refractivity contribution in [3.05, 3.63) is 80.5 Å². The number of carbonyl (C=O) groups excluding carboxylic acids is 1. The molecule has 2 aromatic carbocycles. The summed E-state index contributed by atoms with van der Waals surface area (Å²) in [5.74, 6) is 0.772. The van der Waals surface area contributed by atoms with Gasteiger partial charge in [0.1, 0.15) is 28.9 Å². The van der Waals surface area contributed by atoms with Gasteiger partial charge in [-0.25, -0.2) is 0 Å². The van der Waals surface area contributed by atoms with E-state index in [2.05, 4.69) is 21.2 Å². The molecule has 0 aliphatic carbocycles. The first-order valence-electron chi connectivity index (χ1n) is 8.52. The second-order valence-electron chi connectivity index (χ2n) is 5.98. The number of non-ortho nitro benzene ring substituents is 1. The maximum Gasteiger partial charge on any atom is 0.270 e. The minimum atomic E-state index is -0.586. The molecule has 150 valence electrons. The summed E-state index contributed by atoms with van der Waals surface area (Å²) in [6, 6.07) is 16.1. The van der Waals surface area contributed by atoms with Crippen LogP contribution >= 0.6 is 15.9 Å². The van der Waals surface area contributed by atoms with Gasteiger partial charge >= 0.3 is 0 Å². The van der Waals surface area contributed by atoms with Gasteiger partial charge in [-0.3, -0.25) is 14.9 Å². The predicted molar refractivity (Wildman–Crippen MR) is 114 cm³/mol. The summed E-state index contributed by atoms with van der Waals surface area (Å²) in [5, 5.41) is 22.9. The van der Waals surface area contributed by atoms with Crippen molar-refractivity contribution < 1.29 is 18.9 Å². The van der Waals surface area contributed by atoms with Crippen molar-refractivity contribution >= 4 is 39.3 Å². The number of anilines is 1. The molecule has 1 N–H and O–H groups in total. The molecule has 0 saturated heterocycles. The van der Waals surface area contributed by atoms with Crippen LogP contribution < -0.4 is 10.1 Å². The van der Waals surface area contributed by atoms with Gasteiger partial charge < -0.3 is 14.5 Å². The number of halogens is 1. The third kappa shape index (κ3) is 4.74. The lowest BCUT2D eigenvalue weighted by Gasteiger charge is -2.05. The number of carbonyl (C=O) groups is 1. The molecule has 0 atom stereocenters. The van der Waals surface area contributed by atoms with Crippen molar-refractivity contribution in [3.8, 4) is 23.1 Å². The lowest BCUT2D eigenvalue weighted by molar-refractivity contribution is -0.384. The van der Waals surface area contributed by atoms with Crippen molar-refractivity contribution in [1.29, 1.82) is 5.26 Å². The van der Waals surface area contributed by atoms with Gasteiger partial charge in [0.15, 0.2) is 0 Å². The van der Waals surface area contributed by atoms with E-state index in [-0.39, 0.29) is 17.0 Å². The number of hydrogen-bond acceptors (Lipinski definition) is 6. The lowest BCUT2D eigenvalue weighted by atomic mass is 10.1. The van der Waals surface area contributed by atoms with E-state index in [1.54, 1.807) is 42.5 Å². The molecule has 8 nitrogen and oxygen atoms in total. The first kappa shape index (κ1) is 20.8. The summed E-state index contributed by atoms with van der Waals surface area (Å²) in [5.41, 5.74) is 0.909. The number of rotatable bonds is 6. The first-order valence-corrected chi connectivity index (χ1v) is 9.32. The normalized spacial score (nSPS) is 10.9. The largest absolute Gasteiger partial charge is 0.497 e. The molecule has 1 amide bonds. The number of ether oxygens (including phenoxy) is 1. The van der Waals surface area contributed by atoms with Crippen LogP contribution in [0.5, 0.6) is 5.75 Å². The molecular formula is C21H14BrN3O5. The summed E-state index contributed by atoms with van der Waals surface area (Å²) >= 11 is 3.29. The van der Waals surface area contributed by atoms with Crippen molar-refractivity contribution in [2.45, 2.75) is 0 Å². The average Bonchev–Trinajstić information content (AvgIpc) is 3.20. The number of benzene rings is 2. The molecule has 0 spiro atoms. The second kappa shape index (κ2) is 9.07. The van der Waals surface area contributed by atoms with Crippen LogP contribution in [0.1, 0.15) is 5.76 Å². The fourth-order valence-corrected chi connectivity index (χ4v) is 3.12. The zero-order valence-electron chi connectivity index (χ0n) is 15.6. The molecule has 1 aromatic heterocycles. The van der Waals surface area contributed by atoms with Crippen molar-refractivity contribution in [2.24, 2.45) is 0 Å². The summed E-state index contributed by atoms with van der Waals surface area (Å²) in [7, 11) is 1.54. The first-order chi connectivity index (χ1) is 14.4. The number of amides is 1. The lowest BCUT2D eigenvalue weighted by Crippen LogP contribution is -2.13. The molecule has 0 bridgehead atoms. The van der Waals surface area contributed by atoms with Crippen LogP contribution in [-0.2, 0) is 4.79 Å². The SMILES string of the molecule is COc1ccc(NC(=O)/C(C#N)=C/c2ccc(-c3ccc([N+](=O)[O-])cc3Br)o2)cc1. The van der Waals surface area contributed by atoms with Crippen LogP contribution in [0, 0.1) is 21.4 Å². The predicted octanol–water partition coefficient (Wildman–Crippen LogP) is 5.17. The molecule has 30 heavy (non-hydrogen) atoms. The van der Waals surface area contributed by atoms with E-state index < -0.39 is 10.8 Å². The van der Waals surface area contributed by atoms with Gasteiger partial charge in [-0.2, -0.15) is 5.26 Å². The van der Waals surface area contributed by atoms with E-state index >= 15 is 0 Å². The molecular weight excluding hydrogens is 454 g/mol. The monoisotopic (exact) mass is 467 g/mol. The molecule has 1 heterocycles. The summed E-state index contributed by atoms with van der Waals surface area (Å²) < 4.78 is 11.2. The minimum Gasteiger partial charge on any atom is -0.497 e. The highest BCUT2D eigenvalue weighted by molar-refractivity contribution is 9.10. The maximum absolute atomic E-state index is 12.4. The molecule has 0 aliphatic heterocycles. The maximum atomic E-state index is 12.4. The number of nitrogens with one attached hydrogen (secondary N) is 1. The average molecular weight is 468 g/mol. The minimum absolute atomic E-state index is 0.0562. The van der Waals surface area contributed by atoms with E-state index in [1.165, 1.54) is 25.3 Å². The van der Waals surface area contributed by atoms with Crippen LogP contribution in [0.2, 0.25) is 0 Å². The van der Waals surface area contributed by atoms with Crippen LogP contribution in [0.4, 0.5) is 11.4 Å². The molecule has 3 aromatic rings. The van der Waals surface area contributed by atoms with Gasteiger partial charge in [-0.05, 0) is 58.4 Å². The van der Waals surface area contributed by atoms with Crippen LogP contribution in [0.3, 0.4) is 0 Å². The highest BCUT2D eigenvalue weighted by Crippen LogP contribution is 2.33. The number of methoxy groups -OCH3 is 1. The van der Waals surface area contributed by atoms with Gasteiger partial charge in [-0.1, -0.05) is 0 Å². The zero-order valence-corrected chi connectivity index (χ0v) is 17.2. The molecule has 0 fully saturated rings. The fourth-order valence-electron chi connectivity index (χ4n) is 2.56. The Hall–Kier alpha value is -3.90. The Bertz CT molecular complexity index is 1180. The van der Waals surface area contributed by atoms with Gasteiger partial charge in [0.05, 0.1) is 12.0 Å². The topological polar surface area (TPSA) is 118 Å². The summed E-state index contributed by atoms with van der Waals surface area (Å²) in [6.45, 7) is 0. The molecule has 0 saturated carbocycles. The third-order valence-electron chi connectivity index (χ3n) is 4.06. The van der Waals surface area contributed by atoms with Gasteiger partial charge in [0.2, 0.25) is 0 Å². The Morgan fingerprint density at radius 1 is 1.23 bits per heavy atom. The molecule has 9 heteroatoms. The number of nitro groups is 1. The van der Waals surface area contributed by atoms with E-state index in [1.807, 2.05) is 6.07 Å². The van der Waals surface area contributed by atoms with Gasteiger partial charge in [0, 0.05) is 33.9 Å². The van der Waals surface area contributed by atoms with Crippen molar-refractivity contribution in [1.82, 2.24) is 0 Å². The molecule has 0 aliphatic rings.